The molecule has 1 amide bonds. The molecule has 2 aromatic rings. The van der Waals surface area contributed by atoms with E-state index in [2.05, 4.69) is 5.32 Å². The Hall–Kier alpha value is -3.16. The van der Waals surface area contributed by atoms with Crippen LogP contribution in [0.3, 0.4) is 0 Å². The van der Waals surface area contributed by atoms with Crippen LogP contribution in [-0.4, -0.2) is 26.2 Å². The first-order chi connectivity index (χ1) is 12.5. The number of methoxy groups -OCH3 is 1. The van der Waals surface area contributed by atoms with Gasteiger partial charge in [-0.1, -0.05) is 0 Å². The molecule has 0 bridgehead atoms. The first-order valence-electron chi connectivity index (χ1n) is 7.59. The summed E-state index contributed by atoms with van der Waals surface area (Å²) in [6.45, 7) is 0.792. The molecule has 1 aliphatic rings. The van der Waals surface area contributed by atoms with Gasteiger partial charge < -0.3 is 19.5 Å². The summed E-state index contributed by atoms with van der Waals surface area (Å²) < 4.78 is 55.8. The fourth-order valence-corrected chi connectivity index (χ4v) is 2.35. The monoisotopic (exact) mass is 365 g/mol. The number of rotatable bonds is 4. The molecule has 0 spiro atoms. The van der Waals surface area contributed by atoms with Gasteiger partial charge in [-0.2, -0.15) is 0 Å². The Kier molecular flexibility index (Phi) is 5.01. The van der Waals surface area contributed by atoms with Crippen molar-refractivity contribution in [3.8, 4) is 17.2 Å². The van der Waals surface area contributed by atoms with Crippen LogP contribution in [0, 0.1) is 17.5 Å². The molecule has 2 aromatic carbocycles. The largest absolute Gasteiger partial charge is 0.493 e. The minimum absolute atomic E-state index is 0.361. The molecule has 0 aliphatic carbocycles. The lowest BCUT2D eigenvalue weighted by Crippen LogP contribution is -2.16. The zero-order chi connectivity index (χ0) is 18.7. The Bertz CT molecular complexity index is 866. The second-order valence-corrected chi connectivity index (χ2v) is 5.32. The minimum atomic E-state index is -1.33. The van der Waals surface area contributed by atoms with E-state index in [1.165, 1.54) is 13.2 Å². The van der Waals surface area contributed by atoms with Crippen LogP contribution in [0.25, 0.3) is 6.08 Å². The zero-order valence-electron chi connectivity index (χ0n) is 13.6. The summed E-state index contributed by atoms with van der Waals surface area (Å²) in [4.78, 5) is 11.9. The molecule has 1 heterocycles. The fourth-order valence-electron chi connectivity index (χ4n) is 2.35. The van der Waals surface area contributed by atoms with Crippen LogP contribution in [0.4, 0.5) is 18.9 Å². The third kappa shape index (κ3) is 3.74. The highest BCUT2D eigenvalue weighted by molar-refractivity contribution is 6.02. The number of carbonyl (C=O) groups is 1. The molecule has 1 aliphatic heterocycles. The van der Waals surface area contributed by atoms with Crippen LogP contribution in [-0.2, 0) is 4.79 Å². The molecule has 0 saturated heterocycles. The van der Waals surface area contributed by atoms with Crippen molar-refractivity contribution in [3.05, 3.63) is 53.4 Å². The number of nitrogens with one attached hydrogen (secondary N) is 1. The normalized spacial score (nSPS) is 12.9. The van der Waals surface area contributed by atoms with Gasteiger partial charge in [0, 0.05) is 18.2 Å². The van der Waals surface area contributed by atoms with Crippen molar-refractivity contribution >= 4 is 17.7 Å². The van der Waals surface area contributed by atoms with E-state index in [1.54, 1.807) is 12.1 Å². The zero-order valence-corrected chi connectivity index (χ0v) is 13.6. The van der Waals surface area contributed by atoms with E-state index in [-0.39, 0.29) is 0 Å². The van der Waals surface area contributed by atoms with Gasteiger partial charge in [0.1, 0.15) is 19.0 Å². The van der Waals surface area contributed by atoms with Crippen molar-refractivity contribution in [2.24, 2.45) is 0 Å². The molecule has 0 fully saturated rings. The predicted octanol–water partition coefficient (Wildman–Crippen LogP) is 3.54. The van der Waals surface area contributed by atoms with Crippen LogP contribution in [0.2, 0.25) is 0 Å². The van der Waals surface area contributed by atoms with E-state index in [9.17, 15) is 18.0 Å². The van der Waals surface area contributed by atoms with E-state index < -0.39 is 29.0 Å². The van der Waals surface area contributed by atoms with Crippen LogP contribution in [0.5, 0.6) is 17.2 Å². The summed E-state index contributed by atoms with van der Waals surface area (Å²) in [5, 5.41) is 2.14. The van der Waals surface area contributed by atoms with Crippen molar-refractivity contribution < 1.29 is 32.2 Å². The lowest BCUT2D eigenvalue weighted by atomic mass is 10.1. The third-order valence-electron chi connectivity index (χ3n) is 3.55. The SMILES string of the molecule is COc1cc(/C=C/C(=O)Nc2cc(F)c(F)cc2F)cc2c1OCCO2. The van der Waals surface area contributed by atoms with Crippen molar-refractivity contribution in [1.82, 2.24) is 0 Å². The fraction of sp³-hybridized carbons (Fsp3) is 0.167. The van der Waals surface area contributed by atoms with Gasteiger partial charge in [-0.05, 0) is 23.8 Å². The van der Waals surface area contributed by atoms with Gasteiger partial charge in [-0.25, -0.2) is 13.2 Å². The lowest BCUT2D eigenvalue weighted by Gasteiger charge is -2.20. The maximum atomic E-state index is 13.5. The number of carbonyl (C=O) groups excluding carboxylic acids is 1. The quantitative estimate of drug-likeness (QED) is 0.665. The second kappa shape index (κ2) is 7.38. The first kappa shape index (κ1) is 17.7. The highest BCUT2D eigenvalue weighted by Crippen LogP contribution is 2.40. The van der Waals surface area contributed by atoms with Gasteiger partial charge in [0.05, 0.1) is 12.8 Å². The molecule has 1 N–H and O–H groups in total. The molecule has 0 radical (unpaired) electrons. The number of amides is 1. The Morgan fingerprint density at radius 2 is 1.81 bits per heavy atom. The van der Waals surface area contributed by atoms with Crippen molar-refractivity contribution in [1.29, 1.82) is 0 Å². The molecule has 5 nitrogen and oxygen atoms in total. The molecule has 8 heteroatoms. The molecular weight excluding hydrogens is 351 g/mol. The van der Waals surface area contributed by atoms with Crippen LogP contribution in [0.1, 0.15) is 5.56 Å². The Morgan fingerprint density at radius 3 is 2.58 bits per heavy atom. The maximum Gasteiger partial charge on any atom is 0.248 e. The smallest absolute Gasteiger partial charge is 0.248 e. The number of hydrogen-bond acceptors (Lipinski definition) is 4. The van der Waals surface area contributed by atoms with Gasteiger partial charge in [-0.15, -0.1) is 0 Å². The maximum absolute atomic E-state index is 13.5. The van der Waals surface area contributed by atoms with E-state index in [4.69, 9.17) is 14.2 Å². The number of ether oxygens (including phenoxy) is 3. The van der Waals surface area contributed by atoms with Crippen LogP contribution in [0.15, 0.2) is 30.3 Å². The Balaban J connectivity index is 1.77. The molecule has 26 heavy (non-hydrogen) atoms. The summed E-state index contributed by atoms with van der Waals surface area (Å²) in [6, 6.07) is 4.22. The molecular formula is C18H14F3NO4. The van der Waals surface area contributed by atoms with Crippen molar-refractivity contribution in [2.45, 2.75) is 0 Å². The molecule has 136 valence electrons. The molecule has 0 atom stereocenters. The second-order valence-electron chi connectivity index (χ2n) is 5.32. The highest BCUT2D eigenvalue weighted by atomic mass is 19.2. The summed E-state index contributed by atoms with van der Waals surface area (Å²) >= 11 is 0. The first-order valence-corrected chi connectivity index (χ1v) is 7.59. The number of benzene rings is 2. The molecule has 0 aromatic heterocycles. The van der Waals surface area contributed by atoms with Gasteiger partial charge >= 0.3 is 0 Å². The van der Waals surface area contributed by atoms with Crippen LogP contribution >= 0.6 is 0 Å². The molecule has 0 unspecified atom stereocenters. The van der Waals surface area contributed by atoms with E-state index in [0.29, 0.717) is 48.2 Å². The van der Waals surface area contributed by atoms with Gasteiger partial charge in [0.2, 0.25) is 11.7 Å². The summed E-state index contributed by atoms with van der Waals surface area (Å²) in [7, 11) is 1.47. The van der Waals surface area contributed by atoms with Gasteiger partial charge in [-0.3, -0.25) is 4.79 Å². The lowest BCUT2D eigenvalue weighted by molar-refractivity contribution is -0.111. The highest BCUT2D eigenvalue weighted by Gasteiger charge is 2.18. The number of hydrogen-bond donors (Lipinski definition) is 1. The van der Waals surface area contributed by atoms with E-state index >= 15 is 0 Å². The standard InChI is InChI=1S/C18H14F3NO4/c1-24-15-6-10(7-16-18(15)26-5-4-25-16)2-3-17(23)22-14-9-12(20)11(19)8-13(14)21/h2-3,6-9H,4-5H2,1H3,(H,22,23)/b3-2+. The van der Waals surface area contributed by atoms with Crippen molar-refractivity contribution in [3.63, 3.8) is 0 Å². The van der Waals surface area contributed by atoms with Gasteiger partial charge in [0.15, 0.2) is 23.1 Å². The van der Waals surface area contributed by atoms with Crippen LogP contribution < -0.4 is 19.5 Å². The topological polar surface area (TPSA) is 56.8 Å². The number of halogens is 3. The Morgan fingerprint density at radius 1 is 1.08 bits per heavy atom. The van der Waals surface area contributed by atoms with Crippen molar-refractivity contribution in [2.75, 3.05) is 25.6 Å². The Labute approximate surface area is 147 Å². The summed E-state index contributed by atoms with van der Waals surface area (Å²) in [5.41, 5.74) is 0.116. The summed E-state index contributed by atoms with van der Waals surface area (Å²) in [5.74, 6) is -3.00. The predicted molar refractivity (Wildman–Crippen MR) is 88.0 cm³/mol. The molecule has 3 rings (SSSR count). The average Bonchev–Trinajstić information content (AvgIpc) is 2.63. The van der Waals surface area contributed by atoms with Gasteiger partial charge in [0.25, 0.3) is 0 Å². The molecule has 0 saturated carbocycles. The van der Waals surface area contributed by atoms with E-state index in [0.717, 1.165) is 6.08 Å². The third-order valence-corrected chi connectivity index (χ3v) is 3.55. The summed E-state index contributed by atoms with van der Waals surface area (Å²) in [6.07, 6.45) is 2.55. The average molecular weight is 365 g/mol. The minimum Gasteiger partial charge on any atom is -0.493 e. The number of fused-ring (bicyclic) bond motifs is 1. The number of anilines is 1. The van der Waals surface area contributed by atoms with E-state index in [1.807, 2.05) is 0 Å².